The maximum atomic E-state index is 12.2. The van der Waals surface area contributed by atoms with Gasteiger partial charge in [0, 0.05) is 11.5 Å². The van der Waals surface area contributed by atoms with Crippen LogP contribution in [-0.4, -0.2) is 11.9 Å². The molecule has 2 aliphatic carbocycles. The number of carbonyl (C=O) groups is 1. The zero-order valence-corrected chi connectivity index (χ0v) is 10.4. The summed E-state index contributed by atoms with van der Waals surface area (Å²) in [7, 11) is 0. The molecule has 0 aliphatic heterocycles. The van der Waals surface area contributed by atoms with Crippen molar-refractivity contribution < 1.29 is 9.53 Å². The number of rotatable bonds is 2. The fourth-order valence-electron chi connectivity index (χ4n) is 2.94. The third kappa shape index (κ3) is 2.47. The van der Waals surface area contributed by atoms with Crippen LogP contribution in [0.2, 0.25) is 0 Å². The van der Waals surface area contributed by atoms with E-state index in [0.29, 0.717) is 17.6 Å². The molecule has 0 N–H and O–H groups in total. The molecule has 0 aromatic carbocycles. The Hall–Kier alpha value is -0.790. The van der Waals surface area contributed by atoms with Gasteiger partial charge in [-0.25, -0.2) is 0 Å². The van der Waals surface area contributed by atoms with Crippen LogP contribution in [0, 0.1) is 11.8 Å². The summed E-state index contributed by atoms with van der Waals surface area (Å²) in [5, 5.41) is 0. The van der Waals surface area contributed by atoms with Gasteiger partial charge in [0.05, 0.1) is 12.4 Å². The van der Waals surface area contributed by atoms with E-state index in [4.69, 9.17) is 4.74 Å². The van der Waals surface area contributed by atoms with Crippen LogP contribution in [0.25, 0.3) is 0 Å². The van der Waals surface area contributed by atoms with E-state index in [0.717, 1.165) is 18.4 Å². The summed E-state index contributed by atoms with van der Waals surface area (Å²) in [6.45, 7) is 3.99. The first-order valence-corrected chi connectivity index (χ1v) is 6.57. The van der Waals surface area contributed by atoms with E-state index in [-0.39, 0.29) is 6.10 Å². The van der Waals surface area contributed by atoms with Gasteiger partial charge in [-0.1, -0.05) is 12.8 Å². The SMILES string of the molecule is CC(C)O/C=C1\CCC2CCCCC2C1=O. The minimum absolute atomic E-state index is 0.171. The topological polar surface area (TPSA) is 26.3 Å². The van der Waals surface area contributed by atoms with Crippen LogP contribution < -0.4 is 0 Å². The maximum Gasteiger partial charge on any atom is 0.165 e. The lowest BCUT2D eigenvalue weighted by Crippen LogP contribution is -2.32. The molecule has 0 bridgehead atoms. The van der Waals surface area contributed by atoms with E-state index in [1.807, 2.05) is 13.8 Å². The quantitative estimate of drug-likeness (QED) is 0.528. The number of ether oxygens (including phenoxy) is 1. The fourth-order valence-corrected chi connectivity index (χ4v) is 2.94. The molecule has 2 nitrogen and oxygen atoms in total. The molecule has 0 aromatic heterocycles. The van der Waals surface area contributed by atoms with Gasteiger partial charge < -0.3 is 4.74 Å². The highest BCUT2D eigenvalue weighted by Crippen LogP contribution is 2.40. The molecule has 0 saturated heterocycles. The summed E-state index contributed by atoms with van der Waals surface area (Å²) in [4.78, 5) is 12.2. The highest BCUT2D eigenvalue weighted by molar-refractivity contribution is 5.97. The molecule has 16 heavy (non-hydrogen) atoms. The summed E-state index contributed by atoms with van der Waals surface area (Å²) >= 11 is 0. The third-order valence-corrected chi connectivity index (χ3v) is 3.83. The molecular formula is C14H22O2. The fraction of sp³-hybridized carbons (Fsp3) is 0.786. The first-order valence-electron chi connectivity index (χ1n) is 6.57. The van der Waals surface area contributed by atoms with Crippen molar-refractivity contribution in [1.82, 2.24) is 0 Å². The predicted octanol–water partition coefficient (Wildman–Crippen LogP) is 3.46. The Balaban J connectivity index is 2.02. The minimum Gasteiger partial charge on any atom is -0.498 e. The molecule has 2 heteroatoms. The van der Waals surface area contributed by atoms with Crippen molar-refractivity contribution in [1.29, 1.82) is 0 Å². The smallest absolute Gasteiger partial charge is 0.165 e. The second-order valence-corrected chi connectivity index (χ2v) is 5.38. The van der Waals surface area contributed by atoms with E-state index >= 15 is 0 Å². The zero-order valence-electron chi connectivity index (χ0n) is 10.4. The summed E-state index contributed by atoms with van der Waals surface area (Å²) in [5.41, 5.74) is 0.928. The lowest BCUT2D eigenvalue weighted by atomic mass is 9.69. The number of allylic oxidation sites excluding steroid dienone is 1. The molecule has 2 rings (SSSR count). The van der Waals surface area contributed by atoms with Crippen molar-refractivity contribution in [2.75, 3.05) is 0 Å². The first kappa shape index (κ1) is 11.7. The number of fused-ring (bicyclic) bond motifs is 1. The molecule has 0 heterocycles. The van der Waals surface area contributed by atoms with Crippen LogP contribution in [0.5, 0.6) is 0 Å². The highest BCUT2D eigenvalue weighted by Gasteiger charge is 2.36. The summed E-state index contributed by atoms with van der Waals surface area (Å²) in [6.07, 6.45) is 8.90. The Morgan fingerprint density at radius 3 is 2.75 bits per heavy atom. The molecule has 2 atom stereocenters. The summed E-state index contributed by atoms with van der Waals surface area (Å²) < 4.78 is 5.45. The Bertz CT molecular complexity index is 291. The largest absolute Gasteiger partial charge is 0.498 e. The number of hydrogen-bond donors (Lipinski definition) is 0. The maximum absolute atomic E-state index is 12.2. The van der Waals surface area contributed by atoms with Crippen LogP contribution in [0.4, 0.5) is 0 Å². The van der Waals surface area contributed by atoms with E-state index in [1.54, 1.807) is 6.26 Å². The van der Waals surface area contributed by atoms with Crippen molar-refractivity contribution >= 4 is 5.78 Å². The van der Waals surface area contributed by atoms with Gasteiger partial charge in [-0.15, -0.1) is 0 Å². The van der Waals surface area contributed by atoms with E-state index in [1.165, 1.54) is 25.7 Å². The summed E-state index contributed by atoms with van der Waals surface area (Å²) in [5.74, 6) is 1.35. The molecule has 0 aromatic rings. The van der Waals surface area contributed by atoms with Gasteiger partial charge >= 0.3 is 0 Å². The predicted molar refractivity (Wildman–Crippen MR) is 64.0 cm³/mol. The normalized spacial score (nSPS) is 32.9. The lowest BCUT2D eigenvalue weighted by Gasteiger charge is -2.35. The molecule has 2 fully saturated rings. The second-order valence-electron chi connectivity index (χ2n) is 5.38. The number of ketones is 1. The van der Waals surface area contributed by atoms with Gasteiger partial charge in [-0.2, -0.15) is 0 Å². The van der Waals surface area contributed by atoms with Crippen LogP contribution in [-0.2, 0) is 9.53 Å². The van der Waals surface area contributed by atoms with Crippen LogP contribution in [0.3, 0.4) is 0 Å². The summed E-state index contributed by atoms with van der Waals surface area (Å²) in [6, 6.07) is 0. The standard InChI is InChI=1S/C14H22O2/c1-10(2)16-9-12-8-7-11-5-3-4-6-13(11)14(12)15/h9-11,13H,3-8H2,1-2H3/b12-9+. The monoisotopic (exact) mass is 222 g/mol. The van der Waals surface area contributed by atoms with Gasteiger partial charge in [0.1, 0.15) is 0 Å². The van der Waals surface area contributed by atoms with Crippen LogP contribution >= 0.6 is 0 Å². The molecular weight excluding hydrogens is 200 g/mol. The molecule has 2 saturated carbocycles. The third-order valence-electron chi connectivity index (χ3n) is 3.83. The van der Waals surface area contributed by atoms with Crippen molar-refractivity contribution in [2.45, 2.75) is 58.5 Å². The Morgan fingerprint density at radius 2 is 2.00 bits per heavy atom. The molecule has 2 unspecified atom stereocenters. The number of hydrogen-bond acceptors (Lipinski definition) is 2. The van der Waals surface area contributed by atoms with Gasteiger partial charge in [-0.3, -0.25) is 4.79 Å². The number of Topliss-reactive ketones (excluding diaryl/α,β-unsaturated/α-hetero) is 1. The van der Waals surface area contributed by atoms with Gasteiger partial charge in [0.25, 0.3) is 0 Å². The van der Waals surface area contributed by atoms with Crippen molar-refractivity contribution in [3.63, 3.8) is 0 Å². The Labute approximate surface area is 98.1 Å². The van der Waals surface area contributed by atoms with Crippen molar-refractivity contribution in [2.24, 2.45) is 11.8 Å². The van der Waals surface area contributed by atoms with Crippen molar-refractivity contribution in [3.05, 3.63) is 11.8 Å². The average molecular weight is 222 g/mol. The van der Waals surface area contributed by atoms with Gasteiger partial charge in [0.15, 0.2) is 5.78 Å². The second kappa shape index (κ2) is 5.03. The van der Waals surface area contributed by atoms with Crippen molar-refractivity contribution in [3.8, 4) is 0 Å². The van der Waals surface area contributed by atoms with Gasteiger partial charge in [-0.05, 0) is 45.4 Å². The molecule has 0 radical (unpaired) electrons. The molecule has 90 valence electrons. The average Bonchev–Trinajstić information content (AvgIpc) is 2.28. The van der Waals surface area contributed by atoms with E-state index in [2.05, 4.69) is 0 Å². The molecule has 0 spiro atoms. The Morgan fingerprint density at radius 1 is 1.25 bits per heavy atom. The lowest BCUT2D eigenvalue weighted by molar-refractivity contribution is -0.123. The minimum atomic E-state index is 0.171. The van der Waals surface area contributed by atoms with E-state index in [9.17, 15) is 4.79 Å². The van der Waals surface area contributed by atoms with Crippen LogP contribution in [0.1, 0.15) is 52.4 Å². The zero-order chi connectivity index (χ0) is 11.5. The number of carbonyl (C=O) groups excluding carboxylic acids is 1. The van der Waals surface area contributed by atoms with E-state index < -0.39 is 0 Å². The highest BCUT2D eigenvalue weighted by atomic mass is 16.5. The molecule has 0 amide bonds. The Kier molecular flexibility index (Phi) is 3.67. The van der Waals surface area contributed by atoms with Crippen LogP contribution in [0.15, 0.2) is 11.8 Å². The van der Waals surface area contributed by atoms with Gasteiger partial charge in [0.2, 0.25) is 0 Å². The first-order chi connectivity index (χ1) is 7.68. The molecule has 2 aliphatic rings.